The lowest BCUT2D eigenvalue weighted by Gasteiger charge is -2.38. The molecule has 1 N–H and O–H groups in total. The summed E-state index contributed by atoms with van der Waals surface area (Å²) in [6, 6.07) is 8.18. The van der Waals surface area contributed by atoms with Crippen LogP contribution in [0.4, 0.5) is 0 Å². The van der Waals surface area contributed by atoms with Crippen molar-refractivity contribution in [1.82, 2.24) is 15.1 Å². The standard InChI is InChI=1S/C22H39N3O2Si.2H2S/c1-22(2,3)28(7,8)27-19-12-13-25(15-19)16-20(23-4)17-10-9-11-18(14-17)21(26)24(5)6;;/h9-11,14,19-20,23H,12-13,15-16H2,1-8H3;2*1H2/t19-,20+;;/m0../s1. The van der Waals surface area contributed by atoms with Crippen LogP contribution in [0.5, 0.6) is 0 Å². The molecule has 1 heterocycles. The molecular formula is C22H43N3O2S2Si. The molecule has 2 atom stereocenters. The number of carbonyl (C=O) groups excluding carboxylic acids is 1. The van der Waals surface area contributed by atoms with Crippen LogP contribution in [0.3, 0.4) is 0 Å². The predicted molar refractivity (Wildman–Crippen MR) is 140 cm³/mol. The van der Waals surface area contributed by atoms with Crippen LogP contribution in [-0.2, 0) is 4.43 Å². The van der Waals surface area contributed by atoms with E-state index in [0.29, 0.717) is 6.10 Å². The van der Waals surface area contributed by atoms with Crippen LogP contribution in [-0.4, -0.2) is 70.9 Å². The number of likely N-dealkylation sites (tertiary alicyclic amines) is 1. The highest BCUT2D eigenvalue weighted by Gasteiger charge is 2.40. The number of nitrogens with zero attached hydrogens (tertiary/aromatic N) is 2. The third kappa shape index (κ3) is 7.57. The summed E-state index contributed by atoms with van der Waals surface area (Å²) in [5.41, 5.74) is 1.90. The zero-order valence-corrected chi connectivity index (χ0v) is 23.0. The second-order valence-corrected chi connectivity index (χ2v) is 14.5. The van der Waals surface area contributed by atoms with Gasteiger partial charge in [0.15, 0.2) is 8.32 Å². The molecule has 1 aliphatic rings. The number of amides is 1. The first-order valence-corrected chi connectivity index (χ1v) is 13.2. The maximum atomic E-state index is 12.3. The van der Waals surface area contributed by atoms with Crippen LogP contribution in [0.1, 0.15) is 49.2 Å². The lowest BCUT2D eigenvalue weighted by Crippen LogP contribution is -2.44. The molecule has 1 aromatic rings. The molecule has 174 valence electrons. The highest BCUT2D eigenvalue weighted by Crippen LogP contribution is 2.38. The number of carbonyl (C=O) groups is 1. The number of benzene rings is 1. The van der Waals surface area contributed by atoms with E-state index in [4.69, 9.17) is 4.43 Å². The summed E-state index contributed by atoms with van der Waals surface area (Å²) in [6.07, 6.45) is 1.43. The molecular weight excluding hydrogens is 430 g/mol. The van der Waals surface area contributed by atoms with Gasteiger partial charge >= 0.3 is 0 Å². The number of likely N-dealkylation sites (N-methyl/N-ethyl adjacent to an activating group) is 1. The van der Waals surface area contributed by atoms with Crippen molar-refractivity contribution in [2.45, 2.75) is 57.5 Å². The van der Waals surface area contributed by atoms with Crippen LogP contribution in [0, 0.1) is 0 Å². The van der Waals surface area contributed by atoms with Crippen LogP contribution in [0.15, 0.2) is 24.3 Å². The number of nitrogens with one attached hydrogen (secondary N) is 1. The Labute approximate surface area is 198 Å². The minimum atomic E-state index is -1.73. The maximum absolute atomic E-state index is 12.3. The van der Waals surface area contributed by atoms with Crippen molar-refractivity contribution in [3.05, 3.63) is 35.4 Å². The van der Waals surface area contributed by atoms with E-state index in [1.807, 2.05) is 25.2 Å². The Bertz CT molecular complexity index is 681. The van der Waals surface area contributed by atoms with E-state index in [1.54, 1.807) is 19.0 Å². The SMILES string of the molecule is CN[C@H](CN1CC[C@H](O[Si](C)(C)C(C)(C)C)C1)c1cccc(C(=O)N(C)C)c1.S.S. The van der Waals surface area contributed by atoms with Crippen LogP contribution in [0.2, 0.25) is 18.1 Å². The first kappa shape index (κ1) is 29.5. The minimum Gasteiger partial charge on any atom is -0.413 e. The molecule has 30 heavy (non-hydrogen) atoms. The summed E-state index contributed by atoms with van der Waals surface area (Å²) in [7, 11) is 3.84. The monoisotopic (exact) mass is 473 g/mol. The summed E-state index contributed by atoms with van der Waals surface area (Å²) >= 11 is 0. The Morgan fingerprint density at radius 1 is 1.30 bits per heavy atom. The van der Waals surface area contributed by atoms with Gasteiger partial charge in [-0.1, -0.05) is 32.9 Å². The van der Waals surface area contributed by atoms with Gasteiger partial charge in [0.1, 0.15) is 0 Å². The average Bonchev–Trinajstić information content (AvgIpc) is 3.04. The van der Waals surface area contributed by atoms with E-state index >= 15 is 0 Å². The molecule has 5 nitrogen and oxygen atoms in total. The zero-order chi connectivity index (χ0) is 21.1. The number of hydrogen-bond donors (Lipinski definition) is 1. The lowest BCUT2D eigenvalue weighted by molar-refractivity contribution is 0.0827. The largest absolute Gasteiger partial charge is 0.413 e. The second kappa shape index (κ2) is 11.9. The van der Waals surface area contributed by atoms with Gasteiger partial charge in [0.05, 0.1) is 6.10 Å². The Morgan fingerprint density at radius 2 is 1.93 bits per heavy atom. The molecule has 0 saturated carbocycles. The molecule has 0 unspecified atom stereocenters. The summed E-state index contributed by atoms with van der Waals surface area (Å²) < 4.78 is 6.62. The van der Waals surface area contributed by atoms with Gasteiger partial charge in [-0.25, -0.2) is 0 Å². The van der Waals surface area contributed by atoms with E-state index < -0.39 is 8.32 Å². The van der Waals surface area contributed by atoms with Crippen molar-refractivity contribution in [2.24, 2.45) is 0 Å². The Morgan fingerprint density at radius 3 is 2.47 bits per heavy atom. The molecule has 0 radical (unpaired) electrons. The van der Waals surface area contributed by atoms with E-state index in [0.717, 1.165) is 37.2 Å². The molecule has 1 amide bonds. The fourth-order valence-electron chi connectivity index (χ4n) is 3.42. The van der Waals surface area contributed by atoms with Crippen molar-refractivity contribution >= 4 is 41.2 Å². The van der Waals surface area contributed by atoms with Crippen molar-refractivity contribution < 1.29 is 9.22 Å². The Kier molecular flexibility index (Phi) is 11.7. The van der Waals surface area contributed by atoms with Gasteiger partial charge in [-0.2, -0.15) is 27.0 Å². The van der Waals surface area contributed by atoms with E-state index in [2.05, 4.69) is 50.1 Å². The molecule has 1 saturated heterocycles. The van der Waals surface area contributed by atoms with E-state index in [1.165, 1.54) is 0 Å². The number of hydrogen-bond acceptors (Lipinski definition) is 4. The molecule has 0 bridgehead atoms. The van der Waals surface area contributed by atoms with Crippen molar-refractivity contribution in [1.29, 1.82) is 0 Å². The fraction of sp³-hybridized carbons (Fsp3) is 0.682. The minimum absolute atomic E-state index is 0. The highest BCUT2D eigenvalue weighted by atomic mass is 32.1. The quantitative estimate of drug-likeness (QED) is 0.609. The molecule has 1 fully saturated rings. The Hall–Kier alpha value is -0.513. The summed E-state index contributed by atoms with van der Waals surface area (Å²) in [4.78, 5) is 16.4. The molecule has 0 aromatic heterocycles. The summed E-state index contributed by atoms with van der Waals surface area (Å²) in [5, 5.41) is 3.67. The average molecular weight is 474 g/mol. The van der Waals surface area contributed by atoms with Gasteiger partial charge in [-0.3, -0.25) is 9.69 Å². The summed E-state index contributed by atoms with van der Waals surface area (Å²) in [6.45, 7) is 14.5. The molecule has 1 aliphatic heterocycles. The molecule has 1 aromatic carbocycles. The van der Waals surface area contributed by atoms with Gasteiger partial charge in [0.25, 0.3) is 5.91 Å². The van der Waals surface area contributed by atoms with Crippen molar-refractivity contribution in [3.63, 3.8) is 0 Å². The first-order chi connectivity index (χ1) is 12.9. The van der Waals surface area contributed by atoms with E-state index in [-0.39, 0.29) is 44.0 Å². The van der Waals surface area contributed by atoms with E-state index in [9.17, 15) is 4.79 Å². The molecule has 8 heteroatoms. The van der Waals surface area contributed by atoms with Crippen LogP contribution >= 0.6 is 27.0 Å². The number of rotatable bonds is 7. The third-order valence-electron chi connectivity index (χ3n) is 6.23. The van der Waals surface area contributed by atoms with Crippen molar-refractivity contribution in [2.75, 3.05) is 40.8 Å². The smallest absolute Gasteiger partial charge is 0.253 e. The van der Waals surface area contributed by atoms with Crippen molar-refractivity contribution in [3.8, 4) is 0 Å². The highest BCUT2D eigenvalue weighted by molar-refractivity contribution is 7.59. The van der Waals surface area contributed by atoms with Gasteiger partial charge < -0.3 is 14.6 Å². The maximum Gasteiger partial charge on any atom is 0.253 e. The van der Waals surface area contributed by atoms with Gasteiger partial charge in [0.2, 0.25) is 0 Å². The lowest BCUT2D eigenvalue weighted by atomic mass is 10.0. The van der Waals surface area contributed by atoms with Crippen LogP contribution in [0.25, 0.3) is 0 Å². The van der Waals surface area contributed by atoms with Gasteiger partial charge in [-0.05, 0) is 49.3 Å². The van der Waals surface area contributed by atoms with Gasteiger partial charge in [-0.15, -0.1) is 0 Å². The zero-order valence-electron chi connectivity index (χ0n) is 20.0. The summed E-state index contributed by atoms with van der Waals surface area (Å²) in [5.74, 6) is 0.0423. The second-order valence-electron chi connectivity index (χ2n) is 9.71. The van der Waals surface area contributed by atoms with Crippen LogP contribution < -0.4 is 5.32 Å². The van der Waals surface area contributed by atoms with Gasteiger partial charge in [0, 0.05) is 45.3 Å². The third-order valence-corrected chi connectivity index (χ3v) is 10.8. The normalized spacial score (nSPS) is 18.3. The molecule has 2 rings (SSSR count). The topological polar surface area (TPSA) is 44.8 Å². The predicted octanol–water partition coefficient (Wildman–Crippen LogP) is 3.97. The first-order valence-electron chi connectivity index (χ1n) is 10.3. The molecule has 0 aliphatic carbocycles. The molecule has 0 spiro atoms. The Balaban J connectivity index is 0.00000420. The fourth-order valence-corrected chi connectivity index (χ4v) is 4.80.